The molecule has 0 aliphatic heterocycles. The van der Waals surface area contributed by atoms with E-state index in [9.17, 15) is 4.79 Å². The topological polar surface area (TPSA) is 61.4 Å². The lowest BCUT2D eigenvalue weighted by Crippen LogP contribution is -2.42. The second-order valence-corrected chi connectivity index (χ2v) is 2.48. The van der Waals surface area contributed by atoms with E-state index in [4.69, 9.17) is 5.11 Å². The van der Waals surface area contributed by atoms with Gasteiger partial charge in [-0.1, -0.05) is 6.92 Å². The highest BCUT2D eigenvalue weighted by molar-refractivity contribution is 5.74. The van der Waals surface area contributed by atoms with Crippen LogP contribution in [0, 0.1) is 0 Å². The van der Waals surface area contributed by atoms with Crippen molar-refractivity contribution in [2.45, 2.75) is 26.3 Å². The van der Waals surface area contributed by atoms with Gasteiger partial charge in [-0.15, -0.1) is 0 Å². The number of aliphatic hydroxyl groups is 1. The smallest absolute Gasteiger partial charge is 0.315 e. The van der Waals surface area contributed by atoms with Crippen molar-refractivity contribution in [2.75, 3.05) is 13.2 Å². The Bertz CT molecular complexity index is 117. The van der Waals surface area contributed by atoms with Gasteiger partial charge in [-0.25, -0.2) is 4.79 Å². The Balaban J connectivity index is 3.36. The monoisotopic (exact) mass is 160 g/mol. The molecule has 0 aliphatic carbocycles. The molecule has 0 saturated carbocycles. The van der Waals surface area contributed by atoms with Gasteiger partial charge in [0.2, 0.25) is 0 Å². The molecule has 0 saturated heterocycles. The van der Waals surface area contributed by atoms with Crippen LogP contribution in [0.5, 0.6) is 0 Å². The minimum Gasteiger partial charge on any atom is -0.394 e. The lowest BCUT2D eigenvalue weighted by atomic mass is 10.4. The van der Waals surface area contributed by atoms with Gasteiger partial charge in [-0.2, -0.15) is 0 Å². The lowest BCUT2D eigenvalue weighted by molar-refractivity contribution is 0.220. The average molecular weight is 160 g/mol. The summed E-state index contributed by atoms with van der Waals surface area (Å²) in [5.41, 5.74) is 0. The molecule has 66 valence electrons. The number of aliphatic hydroxyl groups excluding tert-OH is 1. The number of rotatable bonds is 4. The molecule has 0 bridgehead atoms. The van der Waals surface area contributed by atoms with Crippen molar-refractivity contribution in [3.8, 4) is 0 Å². The molecule has 2 amide bonds. The van der Waals surface area contributed by atoms with Gasteiger partial charge < -0.3 is 15.7 Å². The summed E-state index contributed by atoms with van der Waals surface area (Å²) in [6.07, 6.45) is 0.918. The van der Waals surface area contributed by atoms with Crippen LogP contribution in [0.1, 0.15) is 20.3 Å². The molecule has 0 aliphatic rings. The first-order valence-corrected chi connectivity index (χ1v) is 3.86. The number of urea groups is 1. The summed E-state index contributed by atoms with van der Waals surface area (Å²) in [5, 5.41) is 13.8. The van der Waals surface area contributed by atoms with Gasteiger partial charge in [-0.05, 0) is 13.3 Å². The standard InChI is InChI=1S/C7H16N2O2/c1-3-4-8-7(11)9-6(2)5-10/h6,10H,3-5H2,1-2H3,(H2,8,9,11). The Morgan fingerprint density at radius 2 is 2.27 bits per heavy atom. The Kier molecular flexibility index (Phi) is 5.56. The van der Waals surface area contributed by atoms with Crippen molar-refractivity contribution in [3.63, 3.8) is 0 Å². The zero-order chi connectivity index (χ0) is 8.69. The van der Waals surface area contributed by atoms with E-state index in [0.717, 1.165) is 6.42 Å². The molecule has 3 N–H and O–H groups in total. The lowest BCUT2D eigenvalue weighted by Gasteiger charge is -2.10. The number of hydrogen-bond acceptors (Lipinski definition) is 2. The van der Waals surface area contributed by atoms with Crippen molar-refractivity contribution in [1.29, 1.82) is 0 Å². The summed E-state index contributed by atoms with van der Waals surface area (Å²) in [6.45, 7) is 4.37. The van der Waals surface area contributed by atoms with Crippen molar-refractivity contribution < 1.29 is 9.90 Å². The highest BCUT2D eigenvalue weighted by Gasteiger charge is 2.02. The molecule has 0 fully saturated rings. The molecule has 4 nitrogen and oxygen atoms in total. The molecule has 0 aromatic heterocycles. The van der Waals surface area contributed by atoms with E-state index in [1.807, 2.05) is 6.92 Å². The van der Waals surface area contributed by atoms with E-state index in [1.54, 1.807) is 6.92 Å². The minimum absolute atomic E-state index is 0.0282. The summed E-state index contributed by atoms with van der Waals surface area (Å²) >= 11 is 0. The Morgan fingerprint density at radius 1 is 1.64 bits per heavy atom. The van der Waals surface area contributed by atoms with Gasteiger partial charge >= 0.3 is 6.03 Å². The highest BCUT2D eigenvalue weighted by Crippen LogP contribution is 1.78. The van der Waals surface area contributed by atoms with Gasteiger partial charge in [0, 0.05) is 6.54 Å². The fourth-order valence-corrected chi connectivity index (χ4v) is 0.559. The van der Waals surface area contributed by atoms with Gasteiger partial charge in [0.1, 0.15) is 0 Å². The molecule has 0 aromatic carbocycles. The molecule has 1 unspecified atom stereocenters. The van der Waals surface area contributed by atoms with Crippen LogP contribution >= 0.6 is 0 Å². The van der Waals surface area contributed by atoms with Crippen LogP contribution in [-0.4, -0.2) is 30.3 Å². The maximum Gasteiger partial charge on any atom is 0.315 e. The van der Waals surface area contributed by atoms with Crippen LogP contribution in [0.25, 0.3) is 0 Å². The SMILES string of the molecule is CCCNC(=O)NC(C)CO. The number of carbonyl (C=O) groups is 1. The van der Waals surface area contributed by atoms with E-state index >= 15 is 0 Å². The minimum atomic E-state index is -0.214. The Morgan fingerprint density at radius 3 is 2.73 bits per heavy atom. The molecule has 0 heterocycles. The summed E-state index contributed by atoms with van der Waals surface area (Å²) in [5.74, 6) is 0. The zero-order valence-corrected chi connectivity index (χ0v) is 7.05. The van der Waals surface area contributed by atoms with Crippen LogP contribution in [0.2, 0.25) is 0 Å². The number of nitrogens with one attached hydrogen (secondary N) is 2. The molecule has 0 rings (SSSR count). The molecule has 4 heteroatoms. The largest absolute Gasteiger partial charge is 0.394 e. The van der Waals surface area contributed by atoms with Crippen LogP contribution in [-0.2, 0) is 0 Å². The van der Waals surface area contributed by atoms with Crippen LogP contribution < -0.4 is 10.6 Å². The molecule has 0 radical (unpaired) electrons. The van der Waals surface area contributed by atoms with Crippen molar-refractivity contribution in [3.05, 3.63) is 0 Å². The second kappa shape index (κ2) is 5.97. The fourth-order valence-electron chi connectivity index (χ4n) is 0.559. The van der Waals surface area contributed by atoms with Crippen molar-refractivity contribution in [1.82, 2.24) is 10.6 Å². The van der Waals surface area contributed by atoms with Gasteiger partial charge in [0.05, 0.1) is 12.6 Å². The maximum atomic E-state index is 10.8. The van der Waals surface area contributed by atoms with E-state index in [2.05, 4.69) is 10.6 Å². The number of carbonyl (C=O) groups excluding carboxylic acids is 1. The summed E-state index contributed by atoms with van der Waals surface area (Å²) in [7, 11) is 0. The molecular formula is C7H16N2O2. The van der Waals surface area contributed by atoms with Crippen molar-refractivity contribution >= 4 is 6.03 Å². The third kappa shape index (κ3) is 5.66. The number of hydrogen-bond donors (Lipinski definition) is 3. The second-order valence-electron chi connectivity index (χ2n) is 2.48. The molecule has 11 heavy (non-hydrogen) atoms. The van der Waals surface area contributed by atoms with Gasteiger partial charge in [0.15, 0.2) is 0 Å². The molecule has 1 atom stereocenters. The highest BCUT2D eigenvalue weighted by atomic mass is 16.3. The van der Waals surface area contributed by atoms with E-state index < -0.39 is 0 Å². The van der Waals surface area contributed by atoms with E-state index in [1.165, 1.54) is 0 Å². The van der Waals surface area contributed by atoms with Crippen LogP contribution in [0.15, 0.2) is 0 Å². The predicted octanol–water partition coefficient (Wildman–Crippen LogP) is 0.0764. The molecule has 0 spiro atoms. The fraction of sp³-hybridized carbons (Fsp3) is 0.857. The molecule has 0 aromatic rings. The molecular weight excluding hydrogens is 144 g/mol. The summed E-state index contributed by atoms with van der Waals surface area (Å²) < 4.78 is 0. The number of amides is 2. The first-order chi connectivity index (χ1) is 5.20. The maximum absolute atomic E-state index is 10.8. The first kappa shape index (κ1) is 10.2. The van der Waals surface area contributed by atoms with Crippen LogP contribution in [0.4, 0.5) is 4.79 Å². The summed E-state index contributed by atoms with van der Waals surface area (Å²) in [4.78, 5) is 10.8. The predicted molar refractivity (Wildman–Crippen MR) is 43.4 cm³/mol. The Hall–Kier alpha value is -0.770. The van der Waals surface area contributed by atoms with E-state index in [-0.39, 0.29) is 18.7 Å². The Labute approximate surface area is 67.0 Å². The first-order valence-electron chi connectivity index (χ1n) is 3.86. The van der Waals surface area contributed by atoms with Gasteiger partial charge in [-0.3, -0.25) is 0 Å². The normalized spacial score (nSPS) is 12.3. The van der Waals surface area contributed by atoms with E-state index in [0.29, 0.717) is 6.54 Å². The van der Waals surface area contributed by atoms with Gasteiger partial charge in [0.25, 0.3) is 0 Å². The zero-order valence-electron chi connectivity index (χ0n) is 7.05. The van der Waals surface area contributed by atoms with Crippen LogP contribution in [0.3, 0.4) is 0 Å². The van der Waals surface area contributed by atoms with Crippen molar-refractivity contribution in [2.24, 2.45) is 0 Å². The quantitative estimate of drug-likeness (QED) is 0.545. The average Bonchev–Trinajstić information content (AvgIpc) is 2.00. The summed E-state index contributed by atoms with van der Waals surface area (Å²) in [6, 6.07) is -0.389. The third-order valence-electron chi connectivity index (χ3n) is 1.19. The third-order valence-corrected chi connectivity index (χ3v) is 1.19.